The summed E-state index contributed by atoms with van der Waals surface area (Å²) in [5.41, 5.74) is 11.6. The molecule has 0 unspecified atom stereocenters. The summed E-state index contributed by atoms with van der Waals surface area (Å²) < 4.78 is 0. The molecule has 1 saturated carbocycles. The number of aromatic nitrogens is 1. The average molecular weight is 397 g/mol. The predicted octanol–water partition coefficient (Wildman–Crippen LogP) is 4.12. The number of aliphatic hydroxyl groups excluding tert-OH is 1. The third kappa shape index (κ3) is 4.79. The van der Waals surface area contributed by atoms with Crippen LogP contribution < -0.4 is 5.73 Å². The molecule has 1 aromatic heterocycles. The van der Waals surface area contributed by atoms with Gasteiger partial charge in [0.15, 0.2) is 0 Å². The third-order valence-corrected chi connectivity index (χ3v) is 7.77. The molecule has 0 spiro atoms. The van der Waals surface area contributed by atoms with Gasteiger partial charge >= 0.3 is 0 Å². The Hall–Kier alpha value is -1.36. The molecule has 1 fully saturated rings. The molecule has 0 aliphatic heterocycles. The number of hydrogen-bond acceptors (Lipinski definition) is 4. The first-order valence-corrected chi connectivity index (χ1v) is 11.8. The zero-order chi connectivity index (χ0) is 19.4. The van der Waals surface area contributed by atoms with E-state index in [1.165, 1.54) is 36.3 Å². The van der Waals surface area contributed by atoms with Crippen molar-refractivity contribution in [2.75, 3.05) is 18.1 Å². The number of rotatable bonds is 7. The maximum atomic E-state index is 9.53. The van der Waals surface area contributed by atoms with E-state index >= 15 is 0 Å². The van der Waals surface area contributed by atoms with Gasteiger partial charge in [0.2, 0.25) is 0 Å². The Bertz CT molecular complexity index is 781. The fourth-order valence-electron chi connectivity index (χ4n) is 4.80. The van der Waals surface area contributed by atoms with Crippen LogP contribution in [0.15, 0.2) is 42.6 Å². The molecule has 3 atom stereocenters. The SMILES string of the molecule is N[C@]1(CO)CC[C@H](c2ccc3c(c2)CC[C@@H](CSCCc2ccccn2)C3)C1. The van der Waals surface area contributed by atoms with E-state index in [4.69, 9.17) is 5.73 Å². The highest BCUT2D eigenvalue weighted by Gasteiger charge is 2.36. The van der Waals surface area contributed by atoms with Gasteiger partial charge in [0.05, 0.1) is 6.61 Å². The standard InChI is InChI=1S/C24H32N2OS/c25-24(17-27)10-8-22(15-24)21-7-6-19-13-18(4-5-20(19)14-21)16-28-12-9-23-3-1-2-11-26-23/h1-3,6-7,11,14,18,22,27H,4-5,8-10,12-13,15-17,25H2/t18-,22+,24-/m1/s1. The van der Waals surface area contributed by atoms with Crippen molar-refractivity contribution in [1.82, 2.24) is 4.98 Å². The van der Waals surface area contributed by atoms with E-state index in [9.17, 15) is 5.11 Å². The number of aliphatic hydroxyl groups is 1. The number of thioether (sulfide) groups is 1. The molecule has 3 nitrogen and oxygen atoms in total. The van der Waals surface area contributed by atoms with Gasteiger partial charge in [-0.2, -0.15) is 11.8 Å². The summed E-state index contributed by atoms with van der Waals surface area (Å²) in [6.45, 7) is 0.105. The molecule has 3 N–H and O–H groups in total. The second-order valence-electron chi connectivity index (χ2n) is 8.74. The van der Waals surface area contributed by atoms with Gasteiger partial charge in [-0.25, -0.2) is 0 Å². The fraction of sp³-hybridized carbons (Fsp3) is 0.542. The Balaban J connectivity index is 1.27. The Kier molecular flexibility index (Phi) is 6.39. The van der Waals surface area contributed by atoms with E-state index in [1.807, 2.05) is 12.3 Å². The minimum absolute atomic E-state index is 0.105. The Labute approximate surface area is 173 Å². The monoisotopic (exact) mass is 396 g/mol. The molecule has 0 saturated heterocycles. The van der Waals surface area contributed by atoms with Crippen LogP contribution in [0.4, 0.5) is 0 Å². The number of fused-ring (bicyclic) bond motifs is 1. The van der Waals surface area contributed by atoms with Crippen LogP contribution >= 0.6 is 11.8 Å². The highest BCUT2D eigenvalue weighted by atomic mass is 32.2. The summed E-state index contributed by atoms with van der Waals surface area (Å²) in [4.78, 5) is 4.41. The van der Waals surface area contributed by atoms with Crippen molar-refractivity contribution in [2.45, 2.75) is 56.4 Å². The molecule has 4 heteroatoms. The lowest BCUT2D eigenvalue weighted by Crippen LogP contribution is -2.40. The second kappa shape index (κ2) is 8.98. The van der Waals surface area contributed by atoms with Crippen molar-refractivity contribution in [3.05, 3.63) is 65.0 Å². The van der Waals surface area contributed by atoms with Crippen molar-refractivity contribution < 1.29 is 5.11 Å². The molecule has 150 valence electrons. The van der Waals surface area contributed by atoms with Crippen LogP contribution in [-0.2, 0) is 19.3 Å². The summed E-state index contributed by atoms with van der Waals surface area (Å²) in [5, 5.41) is 9.53. The molecule has 0 radical (unpaired) electrons. The summed E-state index contributed by atoms with van der Waals surface area (Å²) in [6.07, 6.45) is 9.62. The van der Waals surface area contributed by atoms with Crippen LogP contribution in [0.3, 0.4) is 0 Å². The van der Waals surface area contributed by atoms with Crippen LogP contribution in [0.2, 0.25) is 0 Å². The van der Waals surface area contributed by atoms with Crippen molar-refractivity contribution in [2.24, 2.45) is 11.7 Å². The highest BCUT2D eigenvalue weighted by Crippen LogP contribution is 2.40. The van der Waals surface area contributed by atoms with Gasteiger partial charge < -0.3 is 10.8 Å². The quantitative estimate of drug-likeness (QED) is 0.691. The third-order valence-electron chi connectivity index (χ3n) is 6.57. The highest BCUT2D eigenvalue weighted by molar-refractivity contribution is 7.99. The Morgan fingerprint density at radius 1 is 1.18 bits per heavy atom. The topological polar surface area (TPSA) is 59.1 Å². The minimum Gasteiger partial charge on any atom is -0.394 e. The van der Waals surface area contributed by atoms with E-state index in [0.29, 0.717) is 5.92 Å². The molecule has 1 aromatic carbocycles. The summed E-state index contributed by atoms with van der Waals surface area (Å²) >= 11 is 2.08. The van der Waals surface area contributed by atoms with Crippen LogP contribution in [-0.4, -0.2) is 33.7 Å². The minimum atomic E-state index is -0.363. The van der Waals surface area contributed by atoms with E-state index < -0.39 is 0 Å². The van der Waals surface area contributed by atoms with Crippen molar-refractivity contribution in [3.63, 3.8) is 0 Å². The van der Waals surface area contributed by atoms with E-state index in [-0.39, 0.29) is 12.1 Å². The molecular weight excluding hydrogens is 364 g/mol. The summed E-state index contributed by atoms with van der Waals surface area (Å²) in [5.74, 6) is 3.72. The van der Waals surface area contributed by atoms with Crippen LogP contribution in [0.25, 0.3) is 0 Å². The van der Waals surface area contributed by atoms with E-state index in [1.54, 1.807) is 11.1 Å². The molecule has 1 heterocycles. The number of nitrogens with zero attached hydrogens (tertiary/aromatic N) is 1. The van der Waals surface area contributed by atoms with E-state index in [0.717, 1.165) is 37.4 Å². The smallest absolute Gasteiger partial charge is 0.0611 e. The van der Waals surface area contributed by atoms with Crippen molar-refractivity contribution in [1.29, 1.82) is 0 Å². The molecule has 0 amide bonds. The number of nitrogens with two attached hydrogens (primary N) is 1. The largest absolute Gasteiger partial charge is 0.394 e. The molecule has 0 bridgehead atoms. The van der Waals surface area contributed by atoms with E-state index in [2.05, 4.69) is 47.1 Å². The van der Waals surface area contributed by atoms with Crippen LogP contribution in [0, 0.1) is 5.92 Å². The zero-order valence-electron chi connectivity index (χ0n) is 16.6. The number of hydrogen-bond donors (Lipinski definition) is 2. The van der Waals surface area contributed by atoms with Crippen LogP contribution in [0.5, 0.6) is 0 Å². The molecule has 4 rings (SSSR count). The van der Waals surface area contributed by atoms with Crippen LogP contribution in [0.1, 0.15) is 54.0 Å². The molecule has 2 aromatic rings. The zero-order valence-corrected chi connectivity index (χ0v) is 17.5. The van der Waals surface area contributed by atoms with Gasteiger partial charge in [-0.15, -0.1) is 0 Å². The van der Waals surface area contributed by atoms with Crippen molar-refractivity contribution >= 4 is 11.8 Å². The predicted molar refractivity (Wildman–Crippen MR) is 118 cm³/mol. The second-order valence-corrected chi connectivity index (χ2v) is 9.89. The van der Waals surface area contributed by atoms with Crippen molar-refractivity contribution in [3.8, 4) is 0 Å². The number of benzene rings is 1. The number of pyridine rings is 1. The maximum Gasteiger partial charge on any atom is 0.0611 e. The first-order chi connectivity index (χ1) is 13.6. The average Bonchev–Trinajstić information content (AvgIpc) is 3.14. The van der Waals surface area contributed by atoms with Gasteiger partial charge in [-0.3, -0.25) is 4.98 Å². The lowest BCUT2D eigenvalue weighted by atomic mass is 9.82. The Morgan fingerprint density at radius 2 is 2.11 bits per heavy atom. The molecular formula is C24H32N2OS. The lowest BCUT2D eigenvalue weighted by Gasteiger charge is -2.26. The maximum absolute atomic E-state index is 9.53. The lowest BCUT2D eigenvalue weighted by molar-refractivity contribution is 0.198. The van der Waals surface area contributed by atoms with Gasteiger partial charge in [-0.05, 0) is 97.1 Å². The van der Waals surface area contributed by atoms with Gasteiger partial charge in [0.25, 0.3) is 0 Å². The normalized spacial score (nSPS) is 26.9. The first-order valence-electron chi connectivity index (χ1n) is 10.6. The van der Waals surface area contributed by atoms with Gasteiger partial charge in [0.1, 0.15) is 0 Å². The summed E-state index contributed by atoms with van der Waals surface area (Å²) in [6, 6.07) is 13.3. The first kappa shape index (κ1) is 19.9. The van der Waals surface area contributed by atoms with Gasteiger partial charge in [-0.1, -0.05) is 24.3 Å². The molecule has 2 aliphatic carbocycles. The molecule has 2 aliphatic rings. The fourth-order valence-corrected chi connectivity index (χ4v) is 5.94. The van der Waals surface area contributed by atoms with Gasteiger partial charge in [0, 0.05) is 17.4 Å². The Morgan fingerprint density at radius 3 is 2.89 bits per heavy atom. The number of aryl methyl sites for hydroxylation is 2. The molecule has 28 heavy (non-hydrogen) atoms. The summed E-state index contributed by atoms with van der Waals surface area (Å²) in [7, 11) is 0.